The Bertz CT molecular complexity index is 2170. The fraction of sp³-hybridized carbons (Fsp3) is 0.432. The Morgan fingerprint density at radius 2 is 1.38 bits per heavy atom. The number of carbonyl (C=O) groups is 1. The number of fused-ring (bicyclic) bond motifs is 2. The molecule has 5 aromatic rings. The molecule has 2 aliphatic heterocycles. The monoisotopic (exact) mass is 780 g/mol. The first-order chi connectivity index (χ1) is 27.4. The van der Waals surface area contributed by atoms with Crippen LogP contribution in [0.3, 0.4) is 0 Å². The molecule has 11 nitrogen and oxygen atoms in total. The Morgan fingerprint density at radius 3 is 2.07 bits per heavy atom. The maximum absolute atomic E-state index is 15.4. The number of piperidine rings is 1. The van der Waals surface area contributed by atoms with Crippen molar-refractivity contribution in [1.82, 2.24) is 14.9 Å². The number of nitrogens with zero attached hydrogens (tertiary/aromatic N) is 4. The zero-order chi connectivity index (χ0) is 39.2. The van der Waals surface area contributed by atoms with E-state index in [2.05, 4.69) is 23.1 Å². The van der Waals surface area contributed by atoms with Crippen LogP contribution in [0.5, 0.6) is 34.5 Å². The van der Waals surface area contributed by atoms with Crippen molar-refractivity contribution in [3.05, 3.63) is 76.9 Å². The van der Waals surface area contributed by atoms with Gasteiger partial charge < -0.3 is 38.2 Å². The van der Waals surface area contributed by atoms with Crippen molar-refractivity contribution in [2.75, 3.05) is 65.2 Å². The predicted molar refractivity (Wildman–Crippen MR) is 221 cm³/mol. The molecule has 0 bridgehead atoms. The van der Waals surface area contributed by atoms with E-state index in [1.165, 1.54) is 6.42 Å². The Kier molecular flexibility index (Phi) is 12.3. The fourth-order valence-corrected chi connectivity index (χ4v) is 8.80. The summed E-state index contributed by atoms with van der Waals surface area (Å²) in [4.78, 5) is 29.9. The Morgan fingerprint density at radius 1 is 0.714 bits per heavy atom. The number of hydrogen-bond acceptors (Lipinski definition) is 11. The summed E-state index contributed by atoms with van der Waals surface area (Å²) < 4.78 is 36.1. The molecule has 296 valence electrons. The minimum Gasteiger partial charge on any atom is -0.493 e. The van der Waals surface area contributed by atoms with Gasteiger partial charge in [0.2, 0.25) is 0 Å². The van der Waals surface area contributed by atoms with Crippen LogP contribution in [0.15, 0.2) is 54.6 Å². The summed E-state index contributed by atoms with van der Waals surface area (Å²) in [6.07, 6.45) is 4.65. The SMILES string of the molecule is CCOc1ccc(CC2c3cc(OCC)c(OCC)cc3CCN2C(=O)c2cc(-c3ccc(OC)c(OC)c3)nc3nc(N4CCCCC4)sc23)cc1OCC. The number of ether oxygens (including phenoxy) is 6. The van der Waals surface area contributed by atoms with E-state index in [9.17, 15) is 0 Å². The molecule has 1 fully saturated rings. The molecule has 1 amide bonds. The minimum absolute atomic E-state index is 0.0774. The number of anilines is 1. The largest absolute Gasteiger partial charge is 0.493 e. The lowest BCUT2D eigenvalue weighted by Crippen LogP contribution is -2.41. The van der Waals surface area contributed by atoms with E-state index in [0.717, 1.165) is 63.8 Å². The molecule has 2 aromatic heterocycles. The quantitative estimate of drug-likeness (QED) is 0.102. The number of pyridine rings is 1. The van der Waals surface area contributed by atoms with Gasteiger partial charge in [-0.05, 0) is 125 Å². The standard InChI is InChI=1S/C44H52N4O7S/c1-7-52-36-16-14-28(23-38(36)53-8-2)22-34-31-27-40(55-10-4)39(54-9-3)24-29(31)18-21-48(34)43(49)32-26-33(30-15-17-35(50-5)37(25-30)51-6)45-42-41(32)56-44(46-42)47-19-12-11-13-20-47/h14-17,23-27,34H,7-13,18-22H2,1-6H3. The molecule has 12 heteroatoms. The van der Waals surface area contributed by atoms with Crippen molar-refractivity contribution in [1.29, 1.82) is 0 Å². The number of benzene rings is 3. The number of thiazole rings is 1. The van der Waals surface area contributed by atoms with Gasteiger partial charge in [-0.2, -0.15) is 4.98 Å². The number of aromatic nitrogens is 2. The van der Waals surface area contributed by atoms with Crippen LogP contribution in [0.2, 0.25) is 0 Å². The summed E-state index contributed by atoms with van der Waals surface area (Å²) in [6, 6.07) is 17.5. The number of carbonyl (C=O) groups excluding carboxylic acids is 1. The molecule has 0 N–H and O–H groups in total. The van der Waals surface area contributed by atoms with Crippen molar-refractivity contribution in [3.63, 3.8) is 0 Å². The van der Waals surface area contributed by atoms with E-state index in [0.29, 0.717) is 91.5 Å². The van der Waals surface area contributed by atoms with Crippen molar-refractivity contribution >= 4 is 32.7 Å². The topological polar surface area (TPSA) is 105 Å². The lowest BCUT2D eigenvalue weighted by Gasteiger charge is -2.38. The molecule has 0 radical (unpaired) electrons. The highest BCUT2D eigenvalue weighted by Crippen LogP contribution is 2.43. The molecule has 1 saturated heterocycles. The second-order valence-corrected chi connectivity index (χ2v) is 14.8. The Labute approximate surface area is 333 Å². The summed E-state index contributed by atoms with van der Waals surface area (Å²) in [7, 11) is 3.23. The van der Waals surface area contributed by atoms with Gasteiger partial charge >= 0.3 is 0 Å². The Hall–Kier alpha value is -5.23. The highest BCUT2D eigenvalue weighted by atomic mass is 32.1. The number of methoxy groups -OCH3 is 2. The summed E-state index contributed by atoms with van der Waals surface area (Å²) in [6.45, 7) is 12.3. The first kappa shape index (κ1) is 39.0. The lowest BCUT2D eigenvalue weighted by molar-refractivity contribution is 0.0661. The average Bonchev–Trinajstić information content (AvgIpc) is 3.66. The van der Waals surface area contributed by atoms with Gasteiger partial charge in [0.15, 0.2) is 45.3 Å². The molecular formula is C44H52N4O7S. The molecule has 0 aliphatic carbocycles. The van der Waals surface area contributed by atoms with Gasteiger partial charge in [-0.3, -0.25) is 4.79 Å². The summed E-state index contributed by atoms with van der Waals surface area (Å²) in [5.41, 5.74) is 5.77. The van der Waals surface area contributed by atoms with Gasteiger partial charge in [0.05, 0.1) is 62.6 Å². The highest BCUT2D eigenvalue weighted by Gasteiger charge is 2.35. The van der Waals surface area contributed by atoms with Crippen molar-refractivity contribution in [2.24, 2.45) is 0 Å². The molecule has 2 aliphatic rings. The van der Waals surface area contributed by atoms with Crippen LogP contribution in [-0.4, -0.2) is 81.1 Å². The van der Waals surface area contributed by atoms with Crippen LogP contribution in [0.4, 0.5) is 5.13 Å². The third-order valence-corrected chi connectivity index (χ3v) is 11.5. The maximum atomic E-state index is 15.4. The average molecular weight is 781 g/mol. The second-order valence-electron chi connectivity index (χ2n) is 13.8. The van der Waals surface area contributed by atoms with Gasteiger partial charge in [0.25, 0.3) is 5.91 Å². The number of hydrogen-bond donors (Lipinski definition) is 0. The van der Waals surface area contributed by atoms with Gasteiger partial charge in [-0.15, -0.1) is 0 Å². The van der Waals surface area contributed by atoms with Crippen molar-refractivity contribution in [2.45, 2.75) is 65.8 Å². The maximum Gasteiger partial charge on any atom is 0.256 e. The molecule has 1 unspecified atom stereocenters. The smallest absolute Gasteiger partial charge is 0.256 e. The fourth-order valence-electron chi connectivity index (χ4n) is 7.73. The highest BCUT2D eigenvalue weighted by molar-refractivity contribution is 7.22. The van der Waals surface area contributed by atoms with Crippen LogP contribution in [0, 0.1) is 0 Å². The van der Waals surface area contributed by atoms with E-state index in [-0.39, 0.29) is 11.9 Å². The molecule has 4 heterocycles. The third kappa shape index (κ3) is 8.02. The van der Waals surface area contributed by atoms with E-state index in [4.69, 9.17) is 38.4 Å². The summed E-state index contributed by atoms with van der Waals surface area (Å²) >= 11 is 1.55. The van der Waals surface area contributed by atoms with Gasteiger partial charge in [0, 0.05) is 25.2 Å². The van der Waals surface area contributed by atoms with Gasteiger partial charge in [-0.1, -0.05) is 17.4 Å². The third-order valence-electron chi connectivity index (χ3n) is 10.3. The van der Waals surface area contributed by atoms with E-state index < -0.39 is 0 Å². The molecule has 56 heavy (non-hydrogen) atoms. The molecule has 0 saturated carbocycles. The number of amides is 1. The van der Waals surface area contributed by atoms with Crippen LogP contribution >= 0.6 is 11.3 Å². The van der Waals surface area contributed by atoms with Gasteiger partial charge in [0.1, 0.15) is 0 Å². The van der Waals surface area contributed by atoms with Crippen molar-refractivity contribution < 1.29 is 33.2 Å². The summed E-state index contributed by atoms with van der Waals surface area (Å²) in [5, 5.41) is 0.897. The first-order valence-corrected chi connectivity index (χ1v) is 20.6. The lowest BCUT2D eigenvalue weighted by atomic mass is 9.87. The number of rotatable bonds is 15. The van der Waals surface area contributed by atoms with E-state index in [1.54, 1.807) is 25.6 Å². The van der Waals surface area contributed by atoms with Crippen LogP contribution in [0.25, 0.3) is 21.6 Å². The Balaban J connectivity index is 1.37. The zero-order valence-electron chi connectivity index (χ0n) is 33.3. The van der Waals surface area contributed by atoms with Crippen LogP contribution in [-0.2, 0) is 12.8 Å². The summed E-state index contributed by atoms with van der Waals surface area (Å²) in [5.74, 6) is 3.90. The zero-order valence-corrected chi connectivity index (χ0v) is 34.1. The van der Waals surface area contributed by atoms with Gasteiger partial charge in [-0.25, -0.2) is 4.98 Å². The van der Waals surface area contributed by atoms with Crippen LogP contribution in [0.1, 0.15) is 80.0 Å². The second kappa shape index (κ2) is 17.7. The molecule has 7 rings (SSSR count). The van der Waals surface area contributed by atoms with E-state index >= 15 is 4.79 Å². The minimum atomic E-state index is -0.323. The normalized spacial score (nSPS) is 15.4. The molecule has 1 atom stereocenters. The molecule has 3 aromatic carbocycles. The van der Waals surface area contributed by atoms with Crippen molar-refractivity contribution in [3.8, 4) is 45.8 Å². The van der Waals surface area contributed by atoms with E-state index in [1.807, 2.05) is 69.0 Å². The first-order valence-electron chi connectivity index (χ1n) is 19.8. The predicted octanol–water partition coefficient (Wildman–Crippen LogP) is 8.94. The van der Waals surface area contributed by atoms with Crippen LogP contribution < -0.4 is 33.3 Å². The molecule has 0 spiro atoms. The molecular weight excluding hydrogens is 729 g/mol.